The van der Waals surface area contributed by atoms with Gasteiger partial charge in [-0.15, -0.1) is 0 Å². The molecule has 0 saturated heterocycles. The second-order valence-corrected chi connectivity index (χ2v) is 4.06. The smallest absolute Gasteiger partial charge is 0.395 e. The van der Waals surface area contributed by atoms with Crippen molar-refractivity contribution in [2.24, 2.45) is 5.84 Å². The number of aliphatic hydroxyl groups excluding tert-OH is 1. The average Bonchev–Trinajstić information content (AvgIpc) is 2.27. The third kappa shape index (κ3) is 3.96. The van der Waals surface area contributed by atoms with Gasteiger partial charge in [0, 0.05) is 6.54 Å². The highest BCUT2D eigenvalue weighted by atomic mass is 79.9. The van der Waals surface area contributed by atoms with Crippen molar-refractivity contribution < 1.29 is 18.3 Å². The maximum Gasteiger partial charge on any atom is 0.405 e. The molecule has 18 heavy (non-hydrogen) atoms. The highest BCUT2D eigenvalue weighted by Gasteiger charge is 2.32. The van der Waals surface area contributed by atoms with Crippen LogP contribution in [0.3, 0.4) is 0 Å². The van der Waals surface area contributed by atoms with E-state index >= 15 is 0 Å². The molecule has 0 unspecified atom stereocenters. The molecule has 0 bridgehead atoms. The summed E-state index contributed by atoms with van der Waals surface area (Å²) in [7, 11) is 0. The normalized spacial score (nSPS) is 11.4. The monoisotopic (exact) mass is 329 g/mol. The Hall–Kier alpha value is -1.13. The van der Waals surface area contributed by atoms with E-state index in [-0.39, 0.29) is 22.7 Å². The predicted octanol–water partition coefficient (Wildman–Crippen LogP) is 0.886. The fraction of sp³-hybridized carbons (Fsp3) is 0.500. The van der Waals surface area contributed by atoms with E-state index < -0.39 is 19.3 Å². The first kappa shape index (κ1) is 14.9. The Morgan fingerprint density at radius 2 is 2.11 bits per heavy atom. The van der Waals surface area contributed by atoms with Gasteiger partial charge in [-0.1, -0.05) is 0 Å². The predicted molar refractivity (Wildman–Crippen MR) is 62.9 cm³/mol. The maximum atomic E-state index is 12.4. The fourth-order valence-corrected chi connectivity index (χ4v) is 1.85. The standard InChI is InChI=1S/C8H11BrF3N5O/c9-5-6(16-13)14-4-15-7(5)17(1-2-18)3-8(10,11)12/h4,18H,1-3,13H2,(H,14,15,16). The lowest BCUT2D eigenvalue weighted by Crippen LogP contribution is -2.37. The lowest BCUT2D eigenvalue weighted by Gasteiger charge is -2.25. The average molecular weight is 330 g/mol. The molecule has 1 rings (SSSR count). The van der Waals surface area contributed by atoms with E-state index in [0.29, 0.717) is 0 Å². The van der Waals surface area contributed by atoms with Gasteiger partial charge in [-0.3, -0.25) is 0 Å². The minimum Gasteiger partial charge on any atom is -0.395 e. The molecule has 1 aromatic rings. The van der Waals surface area contributed by atoms with Gasteiger partial charge in [0.1, 0.15) is 23.2 Å². The van der Waals surface area contributed by atoms with Crippen LogP contribution in [-0.4, -0.2) is 40.9 Å². The van der Waals surface area contributed by atoms with Crippen molar-refractivity contribution in [2.45, 2.75) is 6.18 Å². The second-order valence-electron chi connectivity index (χ2n) is 3.26. The van der Waals surface area contributed by atoms with Gasteiger partial charge in [-0.05, 0) is 15.9 Å². The molecular weight excluding hydrogens is 319 g/mol. The molecule has 6 nitrogen and oxygen atoms in total. The lowest BCUT2D eigenvalue weighted by atomic mass is 10.4. The summed E-state index contributed by atoms with van der Waals surface area (Å²) in [5.74, 6) is 5.32. The van der Waals surface area contributed by atoms with Crippen LogP contribution in [0.1, 0.15) is 0 Å². The topological polar surface area (TPSA) is 87.3 Å². The summed E-state index contributed by atoms with van der Waals surface area (Å²) in [5, 5.41) is 8.80. The van der Waals surface area contributed by atoms with E-state index in [1.54, 1.807) is 0 Å². The molecule has 0 aromatic carbocycles. The first-order valence-electron chi connectivity index (χ1n) is 4.78. The molecule has 0 saturated carbocycles. The number of rotatable bonds is 5. The molecule has 0 radical (unpaired) electrons. The Balaban J connectivity index is 3.05. The molecule has 0 aliphatic rings. The third-order valence-corrected chi connectivity index (χ3v) is 2.68. The number of aliphatic hydroxyl groups is 1. The Morgan fingerprint density at radius 3 is 2.61 bits per heavy atom. The molecule has 102 valence electrons. The largest absolute Gasteiger partial charge is 0.405 e. The first-order chi connectivity index (χ1) is 8.39. The van der Waals surface area contributed by atoms with Crippen LogP contribution >= 0.6 is 15.9 Å². The number of nitrogens with one attached hydrogen (secondary N) is 1. The van der Waals surface area contributed by atoms with Gasteiger partial charge in [0.25, 0.3) is 0 Å². The summed E-state index contributed by atoms with van der Waals surface area (Å²) in [6.45, 7) is -1.87. The SMILES string of the molecule is NNc1ncnc(N(CCO)CC(F)(F)F)c1Br. The molecule has 4 N–H and O–H groups in total. The Labute approximate surface area is 109 Å². The Morgan fingerprint density at radius 1 is 1.44 bits per heavy atom. The zero-order valence-electron chi connectivity index (χ0n) is 9.08. The number of nitrogen functional groups attached to an aromatic ring is 1. The molecule has 0 fully saturated rings. The van der Waals surface area contributed by atoms with Crippen LogP contribution in [0.5, 0.6) is 0 Å². The van der Waals surface area contributed by atoms with E-state index in [1.807, 2.05) is 0 Å². The lowest BCUT2D eigenvalue weighted by molar-refractivity contribution is -0.120. The van der Waals surface area contributed by atoms with Gasteiger partial charge >= 0.3 is 6.18 Å². The van der Waals surface area contributed by atoms with Crippen LogP contribution < -0.4 is 16.2 Å². The molecule has 0 spiro atoms. The van der Waals surface area contributed by atoms with Crippen LogP contribution in [0.4, 0.5) is 24.8 Å². The summed E-state index contributed by atoms with van der Waals surface area (Å²) in [5.41, 5.74) is 2.23. The summed E-state index contributed by atoms with van der Waals surface area (Å²) in [6, 6.07) is 0. The molecule has 0 atom stereocenters. The van der Waals surface area contributed by atoms with Crippen molar-refractivity contribution in [1.29, 1.82) is 0 Å². The minimum atomic E-state index is -4.41. The summed E-state index contributed by atoms with van der Waals surface area (Å²) >= 11 is 3.06. The van der Waals surface area contributed by atoms with E-state index in [2.05, 4.69) is 31.3 Å². The van der Waals surface area contributed by atoms with Crippen molar-refractivity contribution in [3.63, 3.8) is 0 Å². The summed E-state index contributed by atoms with van der Waals surface area (Å²) < 4.78 is 37.4. The van der Waals surface area contributed by atoms with Crippen molar-refractivity contribution in [3.05, 3.63) is 10.8 Å². The second kappa shape index (κ2) is 6.16. The zero-order valence-corrected chi connectivity index (χ0v) is 10.7. The molecule has 1 aromatic heterocycles. The van der Waals surface area contributed by atoms with Crippen molar-refractivity contribution in [2.75, 3.05) is 30.0 Å². The quantitative estimate of drug-likeness (QED) is 0.549. The van der Waals surface area contributed by atoms with Gasteiger partial charge in [0.2, 0.25) is 0 Å². The summed E-state index contributed by atoms with van der Waals surface area (Å²) in [6.07, 6.45) is -3.33. The van der Waals surface area contributed by atoms with E-state index in [0.717, 1.165) is 11.2 Å². The van der Waals surface area contributed by atoms with Gasteiger partial charge in [-0.25, -0.2) is 15.8 Å². The Kier molecular flexibility index (Phi) is 5.11. The number of anilines is 2. The fourth-order valence-electron chi connectivity index (χ4n) is 1.28. The molecule has 0 aliphatic carbocycles. The third-order valence-electron chi connectivity index (χ3n) is 1.95. The van der Waals surface area contributed by atoms with Crippen LogP contribution in [0.25, 0.3) is 0 Å². The minimum absolute atomic E-state index is 0.00400. The van der Waals surface area contributed by atoms with E-state index in [9.17, 15) is 13.2 Å². The van der Waals surface area contributed by atoms with Crippen LogP contribution in [-0.2, 0) is 0 Å². The molecule has 0 amide bonds. The molecular formula is C8H11BrF3N5O. The number of nitrogens with two attached hydrogens (primary N) is 1. The van der Waals surface area contributed by atoms with Gasteiger partial charge in [0.05, 0.1) is 6.61 Å². The van der Waals surface area contributed by atoms with Crippen LogP contribution in [0.2, 0.25) is 0 Å². The van der Waals surface area contributed by atoms with Gasteiger partial charge in [0.15, 0.2) is 5.82 Å². The number of hydrazine groups is 1. The number of hydrogen-bond donors (Lipinski definition) is 3. The van der Waals surface area contributed by atoms with Gasteiger partial charge in [-0.2, -0.15) is 13.2 Å². The highest BCUT2D eigenvalue weighted by molar-refractivity contribution is 9.10. The van der Waals surface area contributed by atoms with Crippen molar-refractivity contribution in [3.8, 4) is 0 Å². The molecule has 1 heterocycles. The zero-order chi connectivity index (χ0) is 13.8. The van der Waals surface area contributed by atoms with Crippen LogP contribution in [0.15, 0.2) is 10.8 Å². The van der Waals surface area contributed by atoms with E-state index in [4.69, 9.17) is 10.9 Å². The maximum absolute atomic E-state index is 12.4. The van der Waals surface area contributed by atoms with E-state index in [1.165, 1.54) is 0 Å². The number of halogens is 4. The highest BCUT2D eigenvalue weighted by Crippen LogP contribution is 2.30. The van der Waals surface area contributed by atoms with Crippen molar-refractivity contribution in [1.82, 2.24) is 9.97 Å². The molecule has 0 aliphatic heterocycles. The number of nitrogens with zero attached hydrogens (tertiary/aromatic N) is 3. The molecule has 10 heteroatoms. The number of aromatic nitrogens is 2. The summed E-state index contributed by atoms with van der Waals surface area (Å²) in [4.78, 5) is 8.36. The first-order valence-corrected chi connectivity index (χ1v) is 5.58. The number of alkyl halides is 3. The van der Waals surface area contributed by atoms with Crippen molar-refractivity contribution >= 4 is 27.6 Å². The van der Waals surface area contributed by atoms with Crippen LogP contribution in [0, 0.1) is 0 Å². The Bertz CT molecular complexity index is 403. The number of hydrogen-bond acceptors (Lipinski definition) is 6. The van der Waals surface area contributed by atoms with Gasteiger partial charge < -0.3 is 15.4 Å².